The van der Waals surface area contributed by atoms with Gasteiger partial charge in [-0.2, -0.15) is 0 Å². The molecule has 0 aliphatic rings. The lowest BCUT2D eigenvalue weighted by Crippen LogP contribution is -2.22. The highest BCUT2D eigenvalue weighted by atomic mass is 79.9. The quantitative estimate of drug-likeness (QED) is 0.528. The van der Waals surface area contributed by atoms with Gasteiger partial charge in [-0.1, -0.05) is 28.9 Å². The van der Waals surface area contributed by atoms with Gasteiger partial charge in [0.25, 0.3) is 5.69 Å². The Balaban J connectivity index is 2.94. The zero-order valence-electron chi connectivity index (χ0n) is 9.57. The predicted molar refractivity (Wildman–Crippen MR) is 69.5 cm³/mol. The molecular weight excluding hydrogens is 288 g/mol. The van der Waals surface area contributed by atoms with E-state index in [9.17, 15) is 14.9 Å². The third kappa shape index (κ3) is 3.52. The molecule has 92 valence electrons. The van der Waals surface area contributed by atoms with Crippen LogP contribution in [-0.2, 0) is 4.79 Å². The molecule has 0 heterocycles. The molecule has 0 saturated carbocycles. The molecule has 1 aromatic carbocycles. The molecule has 1 amide bonds. The van der Waals surface area contributed by atoms with E-state index in [1.807, 2.05) is 6.92 Å². The summed E-state index contributed by atoms with van der Waals surface area (Å²) in [4.78, 5) is 21.5. The number of nitro groups is 1. The van der Waals surface area contributed by atoms with Crippen LogP contribution in [0.25, 0.3) is 0 Å². The fourth-order valence-corrected chi connectivity index (χ4v) is 1.37. The minimum Gasteiger partial charge on any atom is -0.325 e. The number of carbonyl (C=O) groups excluding carboxylic acids is 1. The molecule has 6 heteroatoms. The van der Waals surface area contributed by atoms with Crippen LogP contribution in [0.2, 0.25) is 0 Å². The number of alkyl halides is 1. The maximum absolute atomic E-state index is 11.6. The van der Waals surface area contributed by atoms with E-state index in [2.05, 4.69) is 21.2 Å². The van der Waals surface area contributed by atoms with E-state index < -0.39 is 4.92 Å². The molecule has 0 saturated heterocycles. The first-order valence-corrected chi connectivity index (χ1v) is 6.07. The van der Waals surface area contributed by atoms with Gasteiger partial charge in [-0.25, -0.2) is 0 Å². The van der Waals surface area contributed by atoms with Gasteiger partial charge in [0.15, 0.2) is 0 Å². The van der Waals surface area contributed by atoms with E-state index in [-0.39, 0.29) is 16.4 Å². The highest BCUT2D eigenvalue weighted by Crippen LogP contribution is 2.22. The van der Waals surface area contributed by atoms with Gasteiger partial charge in [0.1, 0.15) is 0 Å². The lowest BCUT2D eigenvalue weighted by Gasteiger charge is -2.10. The largest absolute Gasteiger partial charge is 0.325 e. The fourth-order valence-electron chi connectivity index (χ4n) is 1.25. The molecule has 0 aromatic heterocycles. The summed E-state index contributed by atoms with van der Waals surface area (Å²) in [6.07, 6.45) is 0.653. The Morgan fingerprint density at radius 3 is 2.76 bits per heavy atom. The maximum Gasteiger partial charge on any atom is 0.271 e. The lowest BCUT2D eigenvalue weighted by atomic mass is 10.1. The first-order chi connectivity index (χ1) is 7.95. The van der Waals surface area contributed by atoms with Crippen molar-refractivity contribution in [1.29, 1.82) is 0 Å². The van der Waals surface area contributed by atoms with E-state index in [0.717, 1.165) is 5.56 Å². The second-order valence-corrected chi connectivity index (χ2v) is 4.73. The van der Waals surface area contributed by atoms with E-state index in [1.165, 1.54) is 12.1 Å². The smallest absolute Gasteiger partial charge is 0.271 e. The summed E-state index contributed by atoms with van der Waals surface area (Å²) in [6, 6.07) is 4.39. The summed E-state index contributed by atoms with van der Waals surface area (Å²) in [5.41, 5.74) is 1.23. The molecule has 1 atom stereocenters. The Hall–Kier alpha value is -1.43. The minimum absolute atomic E-state index is 0.0338. The molecule has 0 aliphatic heterocycles. The number of carbonyl (C=O) groups is 1. The molecule has 0 aliphatic carbocycles. The van der Waals surface area contributed by atoms with Crippen molar-refractivity contribution in [2.45, 2.75) is 25.1 Å². The van der Waals surface area contributed by atoms with Crippen molar-refractivity contribution in [2.75, 3.05) is 5.32 Å². The van der Waals surface area contributed by atoms with Gasteiger partial charge < -0.3 is 5.32 Å². The third-order valence-electron chi connectivity index (χ3n) is 2.33. The van der Waals surface area contributed by atoms with E-state index in [0.29, 0.717) is 12.1 Å². The summed E-state index contributed by atoms with van der Waals surface area (Å²) >= 11 is 3.23. The van der Waals surface area contributed by atoms with Crippen LogP contribution in [0.1, 0.15) is 18.9 Å². The van der Waals surface area contributed by atoms with E-state index in [1.54, 1.807) is 13.0 Å². The van der Waals surface area contributed by atoms with Gasteiger partial charge in [-0.3, -0.25) is 14.9 Å². The average Bonchev–Trinajstić information content (AvgIpc) is 2.30. The topological polar surface area (TPSA) is 72.2 Å². The first kappa shape index (κ1) is 13.6. The molecule has 1 aromatic rings. The molecular formula is C11H13BrN2O3. The zero-order chi connectivity index (χ0) is 13.0. The molecule has 0 bridgehead atoms. The van der Waals surface area contributed by atoms with Crippen molar-refractivity contribution in [2.24, 2.45) is 0 Å². The average molecular weight is 301 g/mol. The maximum atomic E-state index is 11.6. The Morgan fingerprint density at radius 2 is 2.24 bits per heavy atom. The van der Waals surface area contributed by atoms with Crippen LogP contribution in [0, 0.1) is 17.0 Å². The van der Waals surface area contributed by atoms with Crippen LogP contribution in [-0.4, -0.2) is 15.7 Å². The number of nitrogens with one attached hydrogen (secondary N) is 1. The van der Waals surface area contributed by atoms with Crippen molar-refractivity contribution < 1.29 is 9.72 Å². The van der Waals surface area contributed by atoms with Crippen LogP contribution < -0.4 is 5.32 Å². The zero-order valence-corrected chi connectivity index (χ0v) is 11.2. The molecule has 1 rings (SSSR count). The third-order valence-corrected chi connectivity index (χ3v) is 3.40. The summed E-state index contributed by atoms with van der Waals surface area (Å²) in [6.45, 7) is 3.66. The number of anilines is 1. The number of halogens is 1. The Kier molecular flexibility index (Phi) is 4.62. The summed E-state index contributed by atoms with van der Waals surface area (Å²) in [7, 11) is 0. The number of hydrogen-bond donors (Lipinski definition) is 1. The van der Waals surface area contributed by atoms with Gasteiger partial charge in [-0.15, -0.1) is 0 Å². The first-order valence-electron chi connectivity index (χ1n) is 5.15. The Labute approximate surface area is 107 Å². The molecule has 1 unspecified atom stereocenters. The highest BCUT2D eigenvalue weighted by molar-refractivity contribution is 9.10. The van der Waals surface area contributed by atoms with Gasteiger partial charge >= 0.3 is 0 Å². The molecule has 17 heavy (non-hydrogen) atoms. The molecule has 1 N–H and O–H groups in total. The Morgan fingerprint density at radius 1 is 1.59 bits per heavy atom. The van der Waals surface area contributed by atoms with E-state index in [4.69, 9.17) is 0 Å². The second-order valence-electron chi connectivity index (χ2n) is 3.62. The SMILES string of the molecule is CCC(Br)C(=O)Nc1cc([N+](=O)[O-])ccc1C. The summed E-state index contributed by atoms with van der Waals surface area (Å²) in [5, 5.41) is 13.3. The monoisotopic (exact) mass is 300 g/mol. The number of rotatable bonds is 4. The van der Waals surface area contributed by atoms with Crippen molar-refractivity contribution in [3.8, 4) is 0 Å². The number of aryl methyl sites for hydroxylation is 1. The highest BCUT2D eigenvalue weighted by Gasteiger charge is 2.15. The van der Waals surface area contributed by atoms with Crippen LogP contribution in [0.4, 0.5) is 11.4 Å². The number of nitro benzene ring substituents is 1. The fraction of sp³-hybridized carbons (Fsp3) is 0.364. The minimum atomic E-state index is -0.486. The number of hydrogen-bond acceptors (Lipinski definition) is 3. The summed E-state index contributed by atoms with van der Waals surface area (Å²) in [5.74, 6) is -0.198. The normalized spacial score (nSPS) is 11.9. The van der Waals surface area contributed by atoms with Crippen LogP contribution in [0.15, 0.2) is 18.2 Å². The standard InChI is InChI=1S/C11H13BrN2O3/c1-3-9(12)11(15)13-10-6-8(14(16)17)5-4-7(10)2/h4-6,9H,3H2,1-2H3,(H,13,15). The number of amides is 1. The molecule has 5 nitrogen and oxygen atoms in total. The van der Waals surface area contributed by atoms with Gasteiger partial charge in [0.05, 0.1) is 15.4 Å². The van der Waals surface area contributed by atoms with Crippen molar-refractivity contribution in [3.05, 3.63) is 33.9 Å². The lowest BCUT2D eigenvalue weighted by molar-refractivity contribution is -0.384. The van der Waals surface area contributed by atoms with Crippen LogP contribution in [0.3, 0.4) is 0 Å². The van der Waals surface area contributed by atoms with Crippen molar-refractivity contribution >= 4 is 33.2 Å². The predicted octanol–water partition coefficient (Wildman–Crippen LogP) is 3.02. The summed E-state index contributed by atoms with van der Waals surface area (Å²) < 4.78 is 0. The van der Waals surface area contributed by atoms with Crippen molar-refractivity contribution in [1.82, 2.24) is 0 Å². The Bertz CT molecular complexity index is 448. The van der Waals surface area contributed by atoms with E-state index >= 15 is 0 Å². The van der Waals surface area contributed by atoms with Gasteiger partial charge in [0, 0.05) is 12.1 Å². The number of non-ortho nitro benzene ring substituents is 1. The van der Waals surface area contributed by atoms with Gasteiger partial charge in [-0.05, 0) is 18.9 Å². The van der Waals surface area contributed by atoms with Crippen molar-refractivity contribution in [3.63, 3.8) is 0 Å². The van der Waals surface area contributed by atoms with Crippen LogP contribution >= 0.6 is 15.9 Å². The molecule has 0 fully saturated rings. The second kappa shape index (κ2) is 5.77. The van der Waals surface area contributed by atoms with Crippen LogP contribution in [0.5, 0.6) is 0 Å². The van der Waals surface area contributed by atoms with Gasteiger partial charge in [0.2, 0.25) is 5.91 Å². The molecule has 0 spiro atoms. The number of nitrogens with zero attached hydrogens (tertiary/aromatic N) is 1. The molecule has 0 radical (unpaired) electrons. The number of benzene rings is 1.